The summed E-state index contributed by atoms with van der Waals surface area (Å²) in [4.78, 5) is 11.8. The molecule has 6 heteroatoms. The van der Waals surface area contributed by atoms with Crippen molar-refractivity contribution in [3.8, 4) is 0 Å². The molecule has 1 saturated heterocycles. The first-order chi connectivity index (χ1) is 7.65. The Hall–Kier alpha value is -1.07. The Morgan fingerprint density at radius 1 is 1.65 bits per heavy atom. The Kier molecular flexibility index (Phi) is 4.96. The van der Waals surface area contributed by atoms with Crippen LogP contribution in [0.3, 0.4) is 0 Å². The molecule has 0 bridgehead atoms. The summed E-state index contributed by atoms with van der Waals surface area (Å²) < 4.78 is 1.64. The van der Waals surface area contributed by atoms with Crippen LogP contribution in [0.25, 0.3) is 0 Å². The first-order valence-corrected chi connectivity index (χ1v) is 5.68. The lowest BCUT2D eigenvalue weighted by Crippen LogP contribution is -2.46. The highest BCUT2D eigenvalue weighted by Gasteiger charge is 2.20. The van der Waals surface area contributed by atoms with Gasteiger partial charge in [0.15, 0.2) is 0 Å². The van der Waals surface area contributed by atoms with Crippen molar-refractivity contribution >= 4 is 18.3 Å². The molecule has 1 amide bonds. The third-order valence-corrected chi connectivity index (χ3v) is 2.93. The van der Waals surface area contributed by atoms with E-state index in [0.717, 1.165) is 19.4 Å². The van der Waals surface area contributed by atoms with Gasteiger partial charge in [-0.05, 0) is 26.3 Å². The lowest BCUT2D eigenvalue weighted by molar-refractivity contribution is 0.0925. The number of carbonyl (C=O) groups is 1. The molecule has 2 heterocycles. The summed E-state index contributed by atoms with van der Waals surface area (Å²) in [5.74, 6) is -0.0211. The second-order valence-corrected chi connectivity index (χ2v) is 4.45. The normalized spacial score (nSPS) is 23.9. The van der Waals surface area contributed by atoms with Gasteiger partial charge in [0, 0.05) is 25.3 Å². The fourth-order valence-corrected chi connectivity index (χ4v) is 2.07. The van der Waals surface area contributed by atoms with E-state index in [0.29, 0.717) is 11.6 Å². The van der Waals surface area contributed by atoms with Crippen molar-refractivity contribution in [3.63, 3.8) is 0 Å². The van der Waals surface area contributed by atoms with E-state index in [1.165, 1.54) is 0 Å². The summed E-state index contributed by atoms with van der Waals surface area (Å²) in [5, 5.41) is 10.4. The number of aromatic nitrogens is 2. The van der Waals surface area contributed by atoms with Gasteiger partial charge in [0.2, 0.25) is 0 Å². The standard InChI is InChI=1S/C11H18N4O.ClH/c1-8-5-10(3-4-12-8)14-11(16)9-6-13-15(2)7-9;/h6-8,10,12H,3-5H2,1-2H3,(H,14,16);1H. The van der Waals surface area contributed by atoms with Crippen molar-refractivity contribution in [3.05, 3.63) is 18.0 Å². The molecule has 0 radical (unpaired) electrons. The first-order valence-electron chi connectivity index (χ1n) is 5.68. The molecule has 0 aliphatic carbocycles. The number of aryl methyl sites for hydroxylation is 1. The van der Waals surface area contributed by atoms with Crippen LogP contribution in [0, 0.1) is 0 Å². The molecule has 1 aliphatic heterocycles. The maximum Gasteiger partial charge on any atom is 0.254 e. The Labute approximate surface area is 107 Å². The number of rotatable bonds is 2. The lowest BCUT2D eigenvalue weighted by atomic mass is 10.0. The molecular weight excluding hydrogens is 240 g/mol. The number of halogens is 1. The quantitative estimate of drug-likeness (QED) is 0.822. The fourth-order valence-electron chi connectivity index (χ4n) is 2.07. The van der Waals surface area contributed by atoms with Crippen molar-refractivity contribution in [2.75, 3.05) is 6.54 Å². The monoisotopic (exact) mass is 258 g/mol. The van der Waals surface area contributed by atoms with E-state index < -0.39 is 0 Å². The third-order valence-electron chi connectivity index (χ3n) is 2.93. The minimum absolute atomic E-state index is 0. The van der Waals surface area contributed by atoms with E-state index in [2.05, 4.69) is 22.7 Å². The third kappa shape index (κ3) is 3.71. The summed E-state index contributed by atoms with van der Waals surface area (Å²) >= 11 is 0. The first kappa shape index (κ1) is 14.0. The van der Waals surface area contributed by atoms with Gasteiger partial charge in [-0.1, -0.05) is 0 Å². The molecule has 1 aromatic rings. The van der Waals surface area contributed by atoms with Gasteiger partial charge < -0.3 is 10.6 Å². The van der Waals surface area contributed by atoms with E-state index in [9.17, 15) is 4.79 Å². The van der Waals surface area contributed by atoms with Crippen molar-refractivity contribution < 1.29 is 4.79 Å². The van der Waals surface area contributed by atoms with E-state index >= 15 is 0 Å². The zero-order chi connectivity index (χ0) is 11.5. The number of nitrogens with one attached hydrogen (secondary N) is 2. The molecule has 0 saturated carbocycles. The molecule has 2 N–H and O–H groups in total. The SMILES string of the molecule is CC1CC(NC(=O)c2cnn(C)c2)CCN1.Cl. The summed E-state index contributed by atoms with van der Waals surface area (Å²) in [6, 6.07) is 0.761. The number of nitrogens with zero attached hydrogens (tertiary/aromatic N) is 2. The van der Waals surface area contributed by atoms with E-state index in [1.54, 1.807) is 17.1 Å². The summed E-state index contributed by atoms with van der Waals surface area (Å²) in [7, 11) is 1.81. The predicted molar refractivity (Wildman–Crippen MR) is 68.4 cm³/mol. The van der Waals surface area contributed by atoms with Crippen LogP contribution in [0.15, 0.2) is 12.4 Å². The predicted octanol–water partition coefficient (Wildman–Crippen LogP) is 0.712. The van der Waals surface area contributed by atoms with E-state index in [1.807, 2.05) is 7.05 Å². The summed E-state index contributed by atoms with van der Waals surface area (Å²) in [5.41, 5.74) is 0.633. The highest BCUT2D eigenvalue weighted by Crippen LogP contribution is 2.09. The van der Waals surface area contributed by atoms with Crippen LogP contribution in [-0.2, 0) is 7.05 Å². The molecule has 1 aliphatic rings. The van der Waals surface area contributed by atoms with Gasteiger partial charge in [-0.15, -0.1) is 12.4 Å². The fraction of sp³-hybridized carbons (Fsp3) is 0.636. The summed E-state index contributed by atoms with van der Waals surface area (Å²) in [6.45, 7) is 3.11. The number of amides is 1. The summed E-state index contributed by atoms with van der Waals surface area (Å²) in [6.07, 6.45) is 5.32. The number of hydrogen-bond donors (Lipinski definition) is 2. The van der Waals surface area contributed by atoms with Crippen LogP contribution in [0.5, 0.6) is 0 Å². The van der Waals surface area contributed by atoms with Gasteiger partial charge in [0.05, 0.1) is 11.8 Å². The molecule has 5 nitrogen and oxygen atoms in total. The van der Waals surface area contributed by atoms with E-state index in [-0.39, 0.29) is 24.4 Å². The topological polar surface area (TPSA) is 59.0 Å². The Balaban J connectivity index is 0.00000144. The van der Waals surface area contributed by atoms with Gasteiger partial charge in [0.25, 0.3) is 5.91 Å². The second-order valence-electron chi connectivity index (χ2n) is 4.45. The van der Waals surface area contributed by atoms with Gasteiger partial charge >= 0.3 is 0 Å². The van der Waals surface area contributed by atoms with Crippen LogP contribution >= 0.6 is 12.4 Å². The van der Waals surface area contributed by atoms with Gasteiger partial charge in [-0.2, -0.15) is 5.10 Å². The van der Waals surface area contributed by atoms with Crippen molar-refractivity contribution in [2.45, 2.75) is 31.8 Å². The highest BCUT2D eigenvalue weighted by atomic mass is 35.5. The van der Waals surface area contributed by atoms with Crippen LogP contribution < -0.4 is 10.6 Å². The molecular formula is C11H19ClN4O. The average Bonchev–Trinajstić information content (AvgIpc) is 2.65. The second kappa shape index (κ2) is 6.02. The molecule has 96 valence electrons. The minimum atomic E-state index is -0.0211. The minimum Gasteiger partial charge on any atom is -0.349 e. The molecule has 2 atom stereocenters. The van der Waals surface area contributed by atoms with Gasteiger partial charge in [-0.3, -0.25) is 9.48 Å². The lowest BCUT2D eigenvalue weighted by Gasteiger charge is -2.28. The zero-order valence-corrected chi connectivity index (χ0v) is 11.0. The average molecular weight is 259 g/mol. The molecule has 2 unspecified atom stereocenters. The van der Waals surface area contributed by atoms with Crippen molar-refractivity contribution in [1.29, 1.82) is 0 Å². The smallest absolute Gasteiger partial charge is 0.254 e. The molecule has 1 aromatic heterocycles. The van der Waals surface area contributed by atoms with Crippen LogP contribution in [0.2, 0.25) is 0 Å². The number of hydrogen-bond acceptors (Lipinski definition) is 3. The molecule has 2 rings (SSSR count). The molecule has 0 aromatic carbocycles. The Bertz CT molecular complexity index is 379. The number of carbonyl (C=O) groups excluding carboxylic acids is 1. The van der Waals surface area contributed by atoms with Gasteiger partial charge in [-0.25, -0.2) is 0 Å². The largest absolute Gasteiger partial charge is 0.349 e. The molecule has 1 fully saturated rings. The Morgan fingerprint density at radius 2 is 2.41 bits per heavy atom. The van der Waals surface area contributed by atoms with E-state index in [4.69, 9.17) is 0 Å². The zero-order valence-electron chi connectivity index (χ0n) is 10.1. The van der Waals surface area contributed by atoms with Crippen molar-refractivity contribution in [1.82, 2.24) is 20.4 Å². The highest BCUT2D eigenvalue weighted by molar-refractivity contribution is 5.93. The number of piperidine rings is 1. The van der Waals surface area contributed by atoms with Gasteiger partial charge in [0.1, 0.15) is 0 Å². The van der Waals surface area contributed by atoms with Crippen LogP contribution in [-0.4, -0.2) is 34.3 Å². The molecule has 0 spiro atoms. The Morgan fingerprint density at radius 3 is 3.00 bits per heavy atom. The maximum atomic E-state index is 11.8. The van der Waals surface area contributed by atoms with Crippen molar-refractivity contribution in [2.24, 2.45) is 7.05 Å². The van der Waals surface area contributed by atoms with Crippen LogP contribution in [0.4, 0.5) is 0 Å². The maximum absolute atomic E-state index is 11.8. The molecule has 17 heavy (non-hydrogen) atoms. The van der Waals surface area contributed by atoms with Crippen LogP contribution in [0.1, 0.15) is 30.1 Å².